The number of hydrogen-bond donors (Lipinski definition) is 1. The molecule has 2 aromatic rings. The minimum absolute atomic E-state index is 0.0353. The monoisotopic (exact) mass is 399 g/mol. The van der Waals surface area contributed by atoms with Crippen LogP contribution in [0.1, 0.15) is 55.8 Å². The van der Waals surface area contributed by atoms with E-state index in [-0.39, 0.29) is 17.2 Å². The van der Waals surface area contributed by atoms with E-state index in [0.29, 0.717) is 19.5 Å². The summed E-state index contributed by atoms with van der Waals surface area (Å²) >= 11 is 1.68. The summed E-state index contributed by atoms with van der Waals surface area (Å²) in [4.78, 5) is 31.2. The lowest BCUT2D eigenvalue weighted by atomic mass is 9.70. The predicted octanol–water partition coefficient (Wildman–Crippen LogP) is 3.66. The number of thiazole rings is 1. The molecule has 150 valence electrons. The van der Waals surface area contributed by atoms with Crippen molar-refractivity contribution in [3.05, 3.63) is 52.0 Å². The Morgan fingerprint density at radius 2 is 1.93 bits per heavy atom. The van der Waals surface area contributed by atoms with Gasteiger partial charge < -0.3 is 10.2 Å². The van der Waals surface area contributed by atoms with Gasteiger partial charge in [0, 0.05) is 30.8 Å². The first-order chi connectivity index (χ1) is 13.5. The maximum Gasteiger partial charge on any atom is 0.245 e. The maximum atomic E-state index is 13.0. The van der Waals surface area contributed by atoms with Crippen LogP contribution in [0.3, 0.4) is 0 Å². The molecule has 1 aromatic heterocycles. The largest absolute Gasteiger partial charge is 0.345 e. The molecule has 1 aliphatic heterocycles. The molecule has 0 bridgehead atoms. The third-order valence-electron chi connectivity index (χ3n) is 5.62. The van der Waals surface area contributed by atoms with Crippen molar-refractivity contribution in [2.75, 3.05) is 13.1 Å². The summed E-state index contributed by atoms with van der Waals surface area (Å²) in [7, 11) is 0. The molecule has 2 heterocycles. The number of nitrogens with zero attached hydrogens (tertiary/aromatic N) is 2. The number of nitrogens with one attached hydrogen (secondary N) is 1. The number of aromatic nitrogens is 1. The van der Waals surface area contributed by atoms with E-state index in [4.69, 9.17) is 4.98 Å². The third kappa shape index (κ3) is 4.27. The molecule has 1 aromatic carbocycles. The molecule has 0 spiro atoms. The zero-order chi connectivity index (χ0) is 20.1. The Morgan fingerprint density at radius 1 is 1.25 bits per heavy atom. The predicted molar refractivity (Wildman–Crippen MR) is 112 cm³/mol. The molecule has 5 nitrogen and oxygen atoms in total. The fourth-order valence-corrected chi connectivity index (χ4v) is 4.87. The van der Waals surface area contributed by atoms with Gasteiger partial charge in [0.05, 0.1) is 10.7 Å². The van der Waals surface area contributed by atoms with Crippen LogP contribution >= 0.6 is 11.3 Å². The molecule has 0 radical (unpaired) electrons. The number of carbonyl (C=O) groups is 2. The Kier molecular flexibility index (Phi) is 6.50. The van der Waals surface area contributed by atoms with Gasteiger partial charge in [0.15, 0.2) is 0 Å². The van der Waals surface area contributed by atoms with Crippen molar-refractivity contribution in [3.63, 3.8) is 0 Å². The lowest BCUT2D eigenvalue weighted by Gasteiger charge is -2.42. The van der Waals surface area contributed by atoms with Gasteiger partial charge in [-0.05, 0) is 31.7 Å². The second-order valence-corrected chi connectivity index (χ2v) is 8.63. The first-order valence-electron chi connectivity index (χ1n) is 10.0. The topological polar surface area (TPSA) is 62.3 Å². The molecule has 1 fully saturated rings. The lowest BCUT2D eigenvalue weighted by molar-refractivity contribution is -0.137. The van der Waals surface area contributed by atoms with Crippen LogP contribution in [0.15, 0.2) is 35.7 Å². The molecular formula is C22H29N3O2S. The number of piperidine rings is 1. The fourth-order valence-electron chi connectivity index (χ4n) is 4.15. The van der Waals surface area contributed by atoms with Crippen molar-refractivity contribution < 1.29 is 9.59 Å². The zero-order valence-electron chi connectivity index (χ0n) is 16.9. The average Bonchev–Trinajstić information content (AvgIpc) is 3.14. The van der Waals surface area contributed by atoms with E-state index in [1.807, 2.05) is 24.8 Å². The lowest BCUT2D eigenvalue weighted by Crippen LogP contribution is -2.52. The normalized spacial score (nSPS) is 17.2. The fraction of sp³-hybridized carbons (Fsp3) is 0.500. The van der Waals surface area contributed by atoms with E-state index in [1.54, 1.807) is 11.3 Å². The number of amides is 2. The van der Waals surface area contributed by atoms with E-state index in [9.17, 15) is 9.59 Å². The Bertz CT molecular complexity index is 810. The highest BCUT2D eigenvalue weighted by Gasteiger charge is 2.41. The Balaban J connectivity index is 1.81. The summed E-state index contributed by atoms with van der Waals surface area (Å²) in [6.07, 6.45) is 3.20. The van der Waals surface area contributed by atoms with Crippen LogP contribution in [0.25, 0.3) is 0 Å². The number of carbonyl (C=O) groups excluding carboxylic acids is 2. The van der Waals surface area contributed by atoms with Gasteiger partial charge in [0.1, 0.15) is 6.04 Å². The van der Waals surface area contributed by atoms with Crippen molar-refractivity contribution in [3.8, 4) is 0 Å². The minimum atomic E-state index is -0.423. The van der Waals surface area contributed by atoms with Crippen LogP contribution in [0.2, 0.25) is 0 Å². The third-order valence-corrected chi connectivity index (χ3v) is 6.39. The Labute approximate surface area is 171 Å². The second-order valence-electron chi connectivity index (χ2n) is 7.57. The Hall–Kier alpha value is -2.21. The molecule has 1 saturated heterocycles. The summed E-state index contributed by atoms with van der Waals surface area (Å²) in [5.74, 6) is -0.117. The van der Waals surface area contributed by atoms with Crippen LogP contribution in [-0.4, -0.2) is 40.8 Å². The van der Waals surface area contributed by atoms with Crippen LogP contribution in [0, 0.1) is 6.92 Å². The van der Waals surface area contributed by atoms with Gasteiger partial charge in [0.2, 0.25) is 11.8 Å². The van der Waals surface area contributed by atoms with Crippen molar-refractivity contribution in [1.29, 1.82) is 0 Å². The molecule has 1 N–H and O–H groups in total. The van der Waals surface area contributed by atoms with Gasteiger partial charge in [-0.1, -0.05) is 43.7 Å². The SMILES string of the molecule is CCCC(NC(C)=O)C(=O)N1CCC(c2ccccc2)(c2csc(C)n2)CC1. The summed E-state index contributed by atoms with van der Waals surface area (Å²) in [5, 5.41) is 6.06. The van der Waals surface area contributed by atoms with Gasteiger partial charge in [-0.25, -0.2) is 4.98 Å². The number of likely N-dealkylation sites (tertiary alicyclic amines) is 1. The smallest absolute Gasteiger partial charge is 0.245 e. The first-order valence-corrected chi connectivity index (χ1v) is 10.9. The summed E-state index contributed by atoms with van der Waals surface area (Å²) < 4.78 is 0. The molecular weight excluding hydrogens is 370 g/mol. The molecule has 0 saturated carbocycles. The van der Waals surface area contributed by atoms with Gasteiger partial charge in [-0.2, -0.15) is 0 Å². The zero-order valence-corrected chi connectivity index (χ0v) is 17.7. The molecule has 3 rings (SSSR count). The van der Waals surface area contributed by atoms with E-state index in [2.05, 4.69) is 35.0 Å². The molecule has 28 heavy (non-hydrogen) atoms. The molecule has 6 heteroatoms. The van der Waals surface area contributed by atoms with E-state index in [1.165, 1.54) is 12.5 Å². The van der Waals surface area contributed by atoms with Crippen molar-refractivity contribution in [2.45, 2.75) is 57.9 Å². The molecule has 1 atom stereocenters. The molecule has 1 aliphatic rings. The quantitative estimate of drug-likeness (QED) is 0.806. The van der Waals surface area contributed by atoms with E-state index >= 15 is 0 Å². The van der Waals surface area contributed by atoms with E-state index < -0.39 is 6.04 Å². The Morgan fingerprint density at radius 3 is 2.46 bits per heavy atom. The van der Waals surface area contributed by atoms with Gasteiger partial charge in [-0.3, -0.25) is 9.59 Å². The van der Waals surface area contributed by atoms with E-state index in [0.717, 1.165) is 30.0 Å². The van der Waals surface area contributed by atoms with Crippen molar-refractivity contribution in [1.82, 2.24) is 15.2 Å². The number of rotatable bonds is 6. The highest BCUT2D eigenvalue weighted by Crippen LogP contribution is 2.42. The maximum absolute atomic E-state index is 13.0. The van der Waals surface area contributed by atoms with Gasteiger partial charge >= 0.3 is 0 Å². The molecule has 2 amide bonds. The summed E-state index contributed by atoms with van der Waals surface area (Å²) in [5.41, 5.74) is 2.22. The number of hydrogen-bond acceptors (Lipinski definition) is 4. The standard InChI is InChI=1S/C22H29N3O2S/c1-4-8-19(23-16(2)26)21(27)25-13-11-22(12-14-25,18-9-6-5-7-10-18)20-15-28-17(3)24-20/h5-7,9-10,15,19H,4,8,11-14H2,1-3H3,(H,23,26). The van der Waals surface area contributed by atoms with Gasteiger partial charge in [0.25, 0.3) is 0 Å². The van der Waals surface area contributed by atoms with Crippen LogP contribution in [0.5, 0.6) is 0 Å². The minimum Gasteiger partial charge on any atom is -0.345 e. The second kappa shape index (κ2) is 8.86. The van der Waals surface area contributed by atoms with Crippen molar-refractivity contribution in [2.24, 2.45) is 0 Å². The average molecular weight is 400 g/mol. The summed E-state index contributed by atoms with van der Waals surface area (Å²) in [6, 6.07) is 10.1. The van der Waals surface area contributed by atoms with Gasteiger partial charge in [-0.15, -0.1) is 11.3 Å². The molecule has 0 aliphatic carbocycles. The summed E-state index contributed by atoms with van der Waals surface area (Å²) in [6.45, 7) is 6.88. The number of aryl methyl sites for hydroxylation is 1. The highest BCUT2D eigenvalue weighted by atomic mass is 32.1. The van der Waals surface area contributed by atoms with Crippen LogP contribution < -0.4 is 5.32 Å². The number of benzene rings is 1. The first kappa shape index (κ1) is 20.5. The van der Waals surface area contributed by atoms with Crippen molar-refractivity contribution >= 4 is 23.2 Å². The highest BCUT2D eigenvalue weighted by molar-refractivity contribution is 7.09. The van der Waals surface area contributed by atoms with Crippen LogP contribution in [0.4, 0.5) is 0 Å². The van der Waals surface area contributed by atoms with Crippen LogP contribution in [-0.2, 0) is 15.0 Å². The molecule has 1 unspecified atom stereocenters.